The minimum atomic E-state index is -0.853. The van der Waals surface area contributed by atoms with Crippen LogP contribution in [0.5, 0.6) is 0 Å². The summed E-state index contributed by atoms with van der Waals surface area (Å²) in [4.78, 5) is 12.2. The average molecular weight is 536 g/mol. The van der Waals surface area contributed by atoms with Crippen LogP contribution in [0.2, 0.25) is 0 Å². The summed E-state index contributed by atoms with van der Waals surface area (Å²) in [6, 6.07) is -0.630. The lowest BCUT2D eigenvalue weighted by atomic mass is 10.0. The van der Waals surface area contributed by atoms with Crippen molar-refractivity contribution in [2.45, 2.75) is 180 Å². The number of aliphatic hydroxyl groups excluding tert-OH is 2. The van der Waals surface area contributed by atoms with E-state index < -0.39 is 12.1 Å². The Bertz CT molecular complexity index is 546. The summed E-state index contributed by atoms with van der Waals surface area (Å²) in [6.45, 7) is 4.18. The van der Waals surface area contributed by atoms with Gasteiger partial charge < -0.3 is 15.5 Å². The fourth-order valence-electron chi connectivity index (χ4n) is 4.85. The second-order valence-corrected chi connectivity index (χ2v) is 11.2. The van der Waals surface area contributed by atoms with Crippen LogP contribution in [-0.2, 0) is 4.79 Å². The monoisotopic (exact) mass is 535 g/mol. The predicted molar refractivity (Wildman–Crippen MR) is 165 cm³/mol. The van der Waals surface area contributed by atoms with Crippen molar-refractivity contribution in [3.05, 3.63) is 24.3 Å². The van der Waals surface area contributed by atoms with Gasteiger partial charge in [0.25, 0.3) is 0 Å². The zero-order chi connectivity index (χ0) is 27.9. The van der Waals surface area contributed by atoms with Crippen LogP contribution in [-0.4, -0.2) is 34.9 Å². The van der Waals surface area contributed by atoms with Gasteiger partial charge in [-0.3, -0.25) is 4.79 Å². The maximum absolute atomic E-state index is 12.2. The summed E-state index contributed by atoms with van der Waals surface area (Å²) in [6.07, 6.45) is 37.0. The summed E-state index contributed by atoms with van der Waals surface area (Å²) < 4.78 is 0. The third kappa shape index (κ3) is 26.5. The summed E-state index contributed by atoms with van der Waals surface area (Å²) in [7, 11) is 0. The number of unbranched alkanes of at least 4 members (excludes halogenated alkanes) is 20. The van der Waals surface area contributed by atoms with Crippen molar-refractivity contribution in [2.24, 2.45) is 0 Å². The Morgan fingerprint density at radius 3 is 1.47 bits per heavy atom. The van der Waals surface area contributed by atoms with Gasteiger partial charge >= 0.3 is 0 Å². The topological polar surface area (TPSA) is 69.6 Å². The molecule has 4 nitrogen and oxygen atoms in total. The molecule has 1 amide bonds. The minimum absolute atomic E-state index is 0.0778. The molecule has 0 radical (unpaired) electrons. The maximum atomic E-state index is 12.2. The van der Waals surface area contributed by atoms with Crippen molar-refractivity contribution >= 4 is 5.91 Å². The molecule has 2 unspecified atom stereocenters. The lowest BCUT2D eigenvalue weighted by Crippen LogP contribution is -2.45. The Hall–Kier alpha value is -1.13. The van der Waals surface area contributed by atoms with Crippen molar-refractivity contribution in [3.63, 3.8) is 0 Å². The van der Waals surface area contributed by atoms with Crippen LogP contribution in [0.4, 0.5) is 0 Å². The van der Waals surface area contributed by atoms with E-state index in [4.69, 9.17) is 0 Å². The van der Waals surface area contributed by atoms with E-state index in [1.165, 1.54) is 109 Å². The Labute approximate surface area is 237 Å². The number of carbonyl (C=O) groups is 1. The van der Waals surface area contributed by atoms with E-state index >= 15 is 0 Å². The smallest absolute Gasteiger partial charge is 0.220 e. The number of allylic oxidation sites excluding steroid dienone is 3. The van der Waals surface area contributed by atoms with Gasteiger partial charge in [-0.15, -0.1) is 0 Å². The molecule has 4 heteroatoms. The van der Waals surface area contributed by atoms with Crippen LogP contribution in [0, 0.1) is 0 Å². The number of hydrogen-bond donors (Lipinski definition) is 3. The fourth-order valence-corrected chi connectivity index (χ4v) is 4.85. The highest BCUT2D eigenvalue weighted by Crippen LogP contribution is 2.15. The highest BCUT2D eigenvalue weighted by molar-refractivity contribution is 5.76. The Morgan fingerprint density at radius 1 is 0.605 bits per heavy atom. The molecule has 38 heavy (non-hydrogen) atoms. The normalized spacial score (nSPS) is 13.5. The molecule has 2 atom stereocenters. The van der Waals surface area contributed by atoms with Gasteiger partial charge in [0.1, 0.15) is 0 Å². The van der Waals surface area contributed by atoms with Crippen LogP contribution in [0.3, 0.4) is 0 Å². The lowest BCUT2D eigenvalue weighted by molar-refractivity contribution is -0.123. The van der Waals surface area contributed by atoms with E-state index in [1.807, 2.05) is 6.08 Å². The quantitative estimate of drug-likeness (QED) is 0.0660. The van der Waals surface area contributed by atoms with Gasteiger partial charge in [0.15, 0.2) is 0 Å². The molecule has 0 aliphatic carbocycles. The van der Waals surface area contributed by atoms with Gasteiger partial charge in [0.05, 0.1) is 18.8 Å². The second-order valence-electron chi connectivity index (χ2n) is 11.2. The molecule has 0 rings (SSSR count). The summed E-state index contributed by atoms with van der Waals surface area (Å²) in [5.74, 6) is -0.0778. The Morgan fingerprint density at radius 2 is 1.03 bits per heavy atom. The SMILES string of the molecule is CCC/C=C/CC/C=C/C(O)C(CO)NC(=O)CCCCCCCCCCCCCCCCCCCCC. The van der Waals surface area contributed by atoms with Gasteiger partial charge in [-0.2, -0.15) is 0 Å². The van der Waals surface area contributed by atoms with Gasteiger partial charge in [-0.25, -0.2) is 0 Å². The van der Waals surface area contributed by atoms with Crippen LogP contribution in [0.15, 0.2) is 24.3 Å². The van der Waals surface area contributed by atoms with E-state index in [0.717, 1.165) is 38.5 Å². The standard InChI is InChI=1S/C34H65NO3/c1-3-5-7-9-11-12-13-14-15-16-17-18-19-20-21-22-24-26-28-30-34(38)35-32(31-36)33(37)29-27-25-23-10-8-6-4-2/h8,10,27,29,32-33,36-37H,3-7,9,11-26,28,30-31H2,1-2H3,(H,35,38)/b10-8+,29-27+. The van der Waals surface area contributed by atoms with Crippen molar-refractivity contribution in [1.82, 2.24) is 5.32 Å². The molecule has 0 saturated heterocycles. The lowest BCUT2D eigenvalue weighted by Gasteiger charge is -2.19. The first-order valence-corrected chi connectivity index (χ1v) is 16.6. The first-order chi connectivity index (χ1) is 18.7. The second kappa shape index (κ2) is 30.4. The van der Waals surface area contributed by atoms with E-state index in [-0.39, 0.29) is 12.5 Å². The van der Waals surface area contributed by atoms with Crippen LogP contribution < -0.4 is 5.32 Å². The summed E-state index contributed by atoms with van der Waals surface area (Å²) in [5, 5.41) is 22.6. The van der Waals surface area contributed by atoms with Crippen molar-refractivity contribution < 1.29 is 15.0 Å². The van der Waals surface area contributed by atoms with Gasteiger partial charge in [0.2, 0.25) is 5.91 Å². The van der Waals surface area contributed by atoms with Crippen molar-refractivity contribution in [1.29, 1.82) is 0 Å². The first kappa shape index (κ1) is 36.9. The largest absolute Gasteiger partial charge is 0.394 e. The van der Waals surface area contributed by atoms with Crippen LogP contribution >= 0.6 is 0 Å². The first-order valence-electron chi connectivity index (χ1n) is 16.6. The van der Waals surface area contributed by atoms with E-state index in [0.29, 0.717) is 6.42 Å². The van der Waals surface area contributed by atoms with Crippen LogP contribution in [0.1, 0.15) is 168 Å². The summed E-state index contributed by atoms with van der Waals surface area (Å²) >= 11 is 0. The van der Waals surface area contributed by atoms with E-state index in [2.05, 4.69) is 31.3 Å². The van der Waals surface area contributed by atoms with E-state index in [1.54, 1.807) is 6.08 Å². The third-order valence-electron chi connectivity index (χ3n) is 7.42. The molecular weight excluding hydrogens is 470 g/mol. The molecule has 0 aromatic heterocycles. The van der Waals surface area contributed by atoms with E-state index in [9.17, 15) is 15.0 Å². The highest BCUT2D eigenvalue weighted by Gasteiger charge is 2.17. The van der Waals surface area contributed by atoms with Gasteiger partial charge in [-0.1, -0.05) is 160 Å². The summed E-state index contributed by atoms with van der Waals surface area (Å²) in [5.41, 5.74) is 0. The number of hydrogen-bond acceptors (Lipinski definition) is 3. The number of nitrogens with one attached hydrogen (secondary N) is 1. The van der Waals surface area contributed by atoms with Crippen LogP contribution in [0.25, 0.3) is 0 Å². The van der Waals surface area contributed by atoms with Gasteiger partial charge in [0, 0.05) is 6.42 Å². The zero-order valence-corrected chi connectivity index (χ0v) is 25.4. The predicted octanol–water partition coefficient (Wildman–Crippen LogP) is 9.34. The fraction of sp³-hybridized carbons (Fsp3) is 0.853. The number of carbonyl (C=O) groups excluding carboxylic acids is 1. The molecule has 0 fully saturated rings. The molecule has 0 spiro atoms. The molecule has 3 N–H and O–H groups in total. The molecule has 224 valence electrons. The average Bonchev–Trinajstić information content (AvgIpc) is 2.92. The number of amides is 1. The molecule has 0 aromatic carbocycles. The maximum Gasteiger partial charge on any atom is 0.220 e. The number of aliphatic hydroxyl groups is 2. The Kier molecular flexibility index (Phi) is 29.5. The minimum Gasteiger partial charge on any atom is -0.394 e. The van der Waals surface area contributed by atoms with Crippen molar-refractivity contribution in [2.75, 3.05) is 6.61 Å². The van der Waals surface area contributed by atoms with Gasteiger partial charge in [-0.05, 0) is 25.7 Å². The molecule has 0 heterocycles. The molecule has 0 aromatic rings. The molecule has 0 aliphatic rings. The molecule has 0 bridgehead atoms. The Balaban J connectivity index is 3.53. The van der Waals surface area contributed by atoms with Crippen molar-refractivity contribution in [3.8, 4) is 0 Å². The third-order valence-corrected chi connectivity index (χ3v) is 7.42. The molecule has 0 aliphatic heterocycles. The highest BCUT2D eigenvalue weighted by atomic mass is 16.3. The molecule has 0 saturated carbocycles. The zero-order valence-electron chi connectivity index (χ0n) is 25.4. The number of rotatable bonds is 29. The molecular formula is C34H65NO3.